The van der Waals surface area contributed by atoms with Gasteiger partial charge >= 0.3 is 12.0 Å². The number of likely N-dealkylation sites (N-methyl/N-ethyl adjacent to an activating group) is 1. The molecule has 0 aliphatic carbocycles. The van der Waals surface area contributed by atoms with Crippen molar-refractivity contribution in [1.29, 1.82) is 0 Å². The molecule has 4 rings (SSSR count). The summed E-state index contributed by atoms with van der Waals surface area (Å²) in [5.74, 6) is 1.39. The van der Waals surface area contributed by atoms with E-state index in [0.29, 0.717) is 34.1 Å². The Labute approximate surface area is 215 Å². The molecule has 0 saturated heterocycles. The molecule has 1 aliphatic heterocycles. The second-order valence-corrected chi connectivity index (χ2v) is 8.85. The van der Waals surface area contributed by atoms with Gasteiger partial charge < -0.3 is 19.5 Å². The van der Waals surface area contributed by atoms with Gasteiger partial charge in [0.05, 0.1) is 23.9 Å². The van der Waals surface area contributed by atoms with Crippen LogP contribution in [0.25, 0.3) is 0 Å². The van der Waals surface area contributed by atoms with Crippen LogP contribution in [0.4, 0.5) is 4.79 Å². The zero-order chi connectivity index (χ0) is 25.5. The predicted molar refractivity (Wildman–Crippen MR) is 139 cm³/mol. The molecule has 1 aliphatic rings. The van der Waals surface area contributed by atoms with Gasteiger partial charge in [-0.2, -0.15) is 0 Å². The van der Waals surface area contributed by atoms with Gasteiger partial charge in [-0.15, -0.1) is 11.8 Å². The molecule has 3 aromatic carbocycles. The number of esters is 1. The molecule has 3 aromatic rings. The first-order valence-electron chi connectivity index (χ1n) is 11.5. The topological polar surface area (TPSA) is 77.1 Å². The van der Waals surface area contributed by atoms with Crippen molar-refractivity contribution in [2.45, 2.75) is 17.9 Å². The van der Waals surface area contributed by atoms with E-state index >= 15 is 0 Å². The summed E-state index contributed by atoms with van der Waals surface area (Å²) in [5.41, 5.74) is 1.44. The Kier molecular flexibility index (Phi) is 8.17. The zero-order valence-electron chi connectivity index (χ0n) is 20.4. The Hall–Kier alpha value is -3.91. The first-order valence-corrected chi connectivity index (χ1v) is 12.8. The molecule has 0 bridgehead atoms. The fourth-order valence-electron chi connectivity index (χ4n) is 3.84. The molecule has 186 valence electrons. The average Bonchev–Trinajstić information content (AvgIpc) is 2.90. The zero-order valence-corrected chi connectivity index (χ0v) is 21.2. The van der Waals surface area contributed by atoms with E-state index in [9.17, 15) is 9.59 Å². The maximum absolute atomic E-state index is 13.2. The predicted octanol–water partition coefficient (Wildman–Crippen LogP) is 5.79. The number of carbonyl (C=O) groups is 2. The lowest BCUT2D eigenvalue weighted by Gasteiger charge is -2.34. The molecule has 1 atom stereocenters. The third-order valence-corrected chi connectivity index (χ3v) is 6.42. The van der Waals surface area contributed by atoms with Gasteiger partial charge in [0.1, 0.15) is 23.9 Å². The number of urea groups is 1. The van der Waals surface area contributed by atoms with Crippen LogP contribution in [-0.4, -0.2) is 43.4 Å². The van der Waals surface area contributed by atoms with Crippen molar-refractivity contribution >= 4 is 23.8 Å². The standard InChI is InChI=1S/C28H28N2O5S/c1-4-33-27(31)25-24(18-34-20-13-15-23(36-3)16-14-20)30(2)28(32)29-26(25)19-9-8-12-22(17-19)35-21-10-6-5-7-11-21/h5-17,26H,4,18H2,1-3H3,(H,29,32)/t26-/m0/s1. The molecule has 0 fully saturated rings. The van der Waals surface area contributed by atoms with E-state index in [1.807, 2.05) is 85.1 Å². The summed E-state index contributed by atoms with van der Waals surface area (Å²) >= 11 is 1.64. The van der Waals surface area contributed by atoms with Crippen molar-refractivity contribution in [3.05, 3.63) is 95.7 Å². The van der Waals surface area contributed by atoms with Gasteiger partial charge in [0.25, 0.3) is 0 Å². The minimum Gasteiger partial charge on any atom is -0.487 e. The molecule has 1 N–H and O–H groups in total. The molecule has 0 saturated carbocycles. The molecule has 36 heavy (non-hydrogen) atoms. The number of hydrogen-bond donors (Lipinski definition) is 1. The van der Waals surface area contributed by atoms with Gasteiger partial charge in [-0.1, -0.05) is 30.3 Å². The Morgan fingerprint density at radius 3 is 2.39 bits per heavy atom. The Morgan fingerprint density at radius 2 is 1.69 bits per heavy atom. The molecule has 0 aromatic heterocycles. The first kappa shape index (κ1) is 25.2. The van der Waals surface area contributed by atoms with Crippen LogP contribution in [0.15, 0.2) is 95.0 Å². The number of amides is 2. The highest BCUT2D eigenvalue weighted by atomic mass is 32.2. The lowest BCUT2D eigenvalue weighted by molar-refractivity contribution is -0.139. The van der Waals surface area contributed by atoms with Crippen molar-refractivity contribution in [2.24, 2.45) is 0 Å². The van der Waals surface area contributed by atoms with Crippen molar-refractivity contribution in [2.75, 3.05) is 26.5 Å². The molecule has 0 spiro atoms. The number of thioether (sulfide) groups is 1. The van der Waals surface area contributed by atoms with Crippen LogP contribution < -0.4 is 14.8 Å². The molecule has 7 nitrogen and oxygen atoms in total. The minimum atomic E-state index is -0.732. The molecule has 2 amide bonds. The number of nitrogens with one attached hydrogen (secondary N) is 1. The van der Waals surface area contributed by atoms with Gasteiger partial charge in [0.2, 0.25) is 0 Å². The highest BCUT2D eigenvalue weighted by Gasteiger charge is 2.37. The number of rotatable bonds is 9. The van der Waals surface area contributed by atoms with Crippen molar-refractivity contribution in [3.63, 3.8) is 0 Å². The van der Waals surface area contributed by atoms with E-state index in [0.717, 1.165) is 4.90 Å². The summed E-state index contributed by atoms with van der Waals surface area (Å²) in [4.78, 5) is 28.6. The maximum atomic E-state index is 13.2. The highest BCUT2D eigenvalue weighted by Crippen LogP contribution is 2.34. The van der Waals surface area contributed by atoms with Crippen LogP contribution >= 0.6 is 11.8 Å². The van der Waals surface area contributed by atoms with Gasteiger partial charge in [0, 0.05) is 11.9 Å². The Morgan fingerprint density at radius 1 is 0.972 bits per heavy atom. The summed E-state index contributed by atoms with van der Waals surface area (Å²) in [7, 11) is 1.61. The van der Waals surface area contributed by atoms with E-state index in [2.05, 4.69) is 5.32 Å². The number of para-hydroxylation sites is 1. The maximum Gasteiger partial charge on any atom is 0.338 e. The molecular weight excluding hydrogens is 476 g/mol. The SMILES string of the molecule is CCOC(=O)C1=C(COc2ccc(SC)cc2)N(C)C(=O)N[C@H]1c1cccc(Oc2ccccc2)c1. The summed E-state index contributed by atoms with van der Waals surface area (Å²) in [5, 5.41) is 2.92. The summed E-state index contributed by atoms with van der Waals surface area (Å²) in [6.07, 6.45) is 2.00. The van der Waals surface area contributed by atoms with Gasteiger partial charge in [-0.05, 0) is 67.3 Å². The lowest BCUT2D eigenvalue weighted by atomic mass is 9.94. The van der Waals surface area contributed by atoms with E-state index in [4.69, 9.17) is 14.2 Å². The summed E-state index contributed by atoms with van der Waals surface area (Å²) in [6.45, 7) is 1.97. The third-order valence-electron chi connectivity index (χ3n) is 5.68. The first-order chi connectivity index (χ1) is 17.5. The fraction of sp³-hybridized carbons (Fsp3) is 0.214. The van der Waals surface area contributed by atoms with E-state index < -0.39 is 12.0 Å². The second-order valence-electron chi connectivity index (χ2n) is 7.97. The van der Waals surface area contributed by atoms with Crippen molar-refractivity contribution in [1.82, 2.24) is 10.2 Å². The quantitative estimate of drug-likeness (QED) is 0.293. The van der Waals surface area contributed by atoms with Crippen LogP contribution in [0.2, 0.25) is 0 Å². The van der Waals surface area contributed by atoms with Crippen molar-refractivity contribution in [3.8, 4) is 17.2 Å². The highest BCUT2D eigenvalue weighted by molar-refractivity contribution is 7.98. The van der Waals surface area contributed by atoms with Crippen LogP contribution in [-0.2, 0) is 9.53 Å². The molecule has 1 heterocycles. The number of carbonyl (C=O) groups excluding carboxylic acids is 2. The van der Waals surface area contributed by atoms with E-state index in [-0.39, 0.29) is 19.2 Å². The molecular formula is C28H28N2O5S. The smallest absolute Gasteiger partial charge is 0.338 e. The van der Waals surface area contributed by atoms with Gasteiger partial charge in [-0.25, -0.2) is 9.59 Å². The van der Waals surface area contributed by atoms with Gasteiger partial charge in [-0.3, -0.25) is 4.90 Å². The van der Waals surface area contributed by atoms with E-state index in [1.165, 1.54) is 4.90 Å². The second kappa shape index (κ2) is 11.7. The summed E-state index contributed by atoms with van der Waals surface area (Å²) in [6, 6.07) is 23.3. The Balaban J connectivity index is 1.68. The largest absolute Gasteiger partial charge is 0.487 e. The van der Waals surface area contributed by atoms with Crippen LogP contribution in [0.3, 0.4) is 0 Å². The molecule has 8 heteroatoms. The molecule has 0 unspecified atom stereocenters. The fourth-order valence-corrected chi connectivity index (χ4v) is 4.25. The van der Waals surface area contributed by atoms with Crippen LogP contribution in [0.5, 0.6) is 17.2 Å². The monoisotopic (exact) mass is 504 g/mol. The third kappa shape index (κ3) is 5.83. The van der Waals surface area contributed by atoms with Crippen LogP contribution in [0, 0.1) is 0 Å². The van der Waals surface area contributed by atoms with Crippen LogP contribution in [0.1, 0.15) is 18.5 Å². The van der Waals surface area contributed by atoms with Crippen molar-refractivity contribution < 1.29 is 23.8 Å². The molecule has 0 radical (unpaired) electrons. The summed E-state index contributed by atoms with van der Waals surface area (Å²) < 4.78 is 17.3. The average molecular weight is 505 g/mol. The minimum absolute atomic E-state index is 0.0212. The number of hydrogen-bond acceptors (Lipinski definition) is 6. The number of nitrogens with zero attached hydrogens (tertiary/aromatic N) is 1. The Bertz CT molecular complexity index is 1240. The normalized spacial score (nSPS) is 15.4. The van der Waals surface area contributed by atoms with Gasteiger partial charge in [0.15, 0.2) is 0 Å². The van der Waals surface area contributed by atoms with E-state index in [1.54, 1.807) is 25.7 Å². The number of ether oxygens (including phenoxy) is 3. The number of benzene rings is 3. The lowest BCUT2D eigenvalue weighted by Crippen LogP contribution is -2.48.